The summed E-state index contributed by atoms with van der Waals surface area (Å²) in [6.45, 7) is -1.40. The lowest BCUT2D eigenvalue weighted by Crippen LogP contribution is -2.31. The van der Waals surface area contributed by atoms with Crippen molar-refractivity contribution < 1.29 is 35.5 Å². The predicted octanol–water partition coefficient (Wildman–Crippen LogP) is 5.23. The Kier molecular flexibility index (Phi) is 9.06. The number of carbonyl (C=O) groups is 1. The van der Waals surface area contributed by atoms with Gasteiger partial charge in [-0.3, -0.25) is 24.1 Å². The van der Waals surface area contributed by atoms with Crippen molar-refractivity contribution in [1.29, 1.82) is 0 Å². The van der Waals surface area contributed by atoms with E-state index in [0.29, 0.717) is 28.6 Å². The molecule has 5 N–H and O–H groups in total. The fourth-order valence-electron chi connectivity index (χ4n) is 5.17. The maximum Gasteiger partial charge on any atom is 0.432 e. The van der Waals surface area contributed by atoms with Crippen LogP contribution >= 0.6 is 0 Å². The molecule has 1 aliphatic rings. The molecule has 0 aliphatic carbocycles. The standard InChI is InChI=1S/C29H26F7N9O2/c1-14-3-2-4-20(17-9-15(7-8-39-17)26-19(42-27(14)47)11-41-45(26)28(32)33)43-13-40-18(10-23(43)46)24-21(6-5-16(30)25(24)31)44(38)12-22(37)29(34,35)36/h5-14,20,28H,2-4,37-38H2,1H3,(H,42,47)/b22-12-. The van der Waals surface area contributed by atoms with E-state index in [9.17, 15) is 35.9 Å². The zero-order chi connectivity index (χ0) is 34.2. The SMILES string of the molecule is CC1CCCC(n2cnc(-c3c(N(N)/C=C(\N)C(F)(F)F)ccc(F)c3F)cc2=O)c2cc(ccn2)-c2c(cnn2C(F)F)NC1=O. The molecule has 11 nitrogen and oxygen atoms in total. The molecule has 3 aromatic heterocycles. The van der Waals surface area contributed by atoms with Gasteiger partial charge < -0.3 is 11.1 Å². The number of amides is 1. The Morgan fingerprint density at radius 1 is 1.13 bits per heavy atom. The van der Waals surface area contributed by atoms with Crippen LogP contribution in [0.1, 0.15) is 44.5 Å². The van der Waals surface area contributed by atoms with Gasteiger partial charge in [0, 0.05) is 29.9 Å². The van der Waals surface area contributed by atoms with Gasteiger partial charge in [0.15, 0.2) is 11.6 Å². The molecule has 248 valence electrons. The van der Waals surface area contributed by atoms with Gasteiger partial charge in [-0.05, 0) is 37.1 Å². The smallest absolute Gasteiger partial charge is 0.393 e. The molecular formula is C29H26F7N9O2. The van der Waals surface area contributed by atoms with Crippen LogP contribution in [0.3, 0.4) is 0 Å². The van der Waals surface area contributed by atoms with Crippen molar-refractivity contribution in [3.63, 3.8) is 0 Å². The van der Waals surface area contributed by atoms with E-state index in [1.54, 1.807) is 6.92 Å². The van der Waals surface area contributed by atoms with Crippen molar-refractivity contribution in [2.45, 2.75) is 45.0 Å². The summed E-state index contributed by atoms with van der Waals surface area (Å²) in [4.78, 5) is 34.9. The molecule has 2 atom stereocenters. The van der Waals surface area contributed by atoms with Gasteiger partial charge in [-0.25, -0.2) is 24.3 Å². The number of fused-ring (bicyclic) bond motifs is 4. The lowest BCUT2D eigenvalue weighted by Gasteiger charge is -2.23. The molecule has 0 saturated carbocycles. The van der Waals surface area contributed by atoms with Crippen LogP contribution in [-0.2, 0) is 4.79 Å². The Balaban J connectivity index is 1.61. The summed E-state index contributed by atoms with van der Waals surface area (Å²) in [5.41, 5.74) is 1.36. The number of benzene rings is 1. The molecule has 0 fully saturated rings. The summed E-state index contributed by atoms with van der Waals surface area (Å²) in [5, 5.41) is 6.69. The molecule has 4 aromatic rings. The number of hydrogen-bond acceptors (Lipinski definition) is 8. The van der Waals surface area contributed by atoms with Crippen LogP contribution in [0.4, 0.5) is 42.1 Å². The van der Waals surface area contributed by atoms with Crippen molar-refractivity contribution in [2.24, 2.45) is 17.5 Å². The molecule has 0 saturated heterocycles. The molecule has 2 bridgehead atoms. The molecule has 0 spiro atoms. The van der Waals surface area contributed by atoms with E-state index in [1.165, 1.54) is 18.3 Å². The summed E-state index contributed by atoms with van der Waals surface area (Å²) in [6, 6.07) is 4.37. The highest BCUT2D eigenvalue weighted by Crippen LogP contribution is 2.36. The van der Waals surface area contributed by atoms with Gasteiger partial charge in [0.1, 0.15) is 5.70 Å². The fraction of sp³-hybridized carbons (Fsp3) is 0.276. The lowest BCUT2D eigenvalue weighted by atomic mass is 9.97. The van der Waals surface area contributed by atoms with Gasteiger partial charge >= 0.3 is 12.7 Å². The second-order valence-electron chi connectivity index (χ2n) is 10.7. The van der Waals surface area contributed by atoms with E-state index in [0.717, 1.165) is 29.2 Å². The molecule has 1 amide bonds. The largest absolute Gasteiger partial charge is 0.432 e. The van der Waals surface area contributed by atoms with Crippen LogP contribution in [0.2, 0.25) is 0 Å². The first kappa shape index (κ1) is 33.1. The first-order valence-corrected chi connectivity index (χ1v) is 13.9. The van der Waals surface area contributed by atoms with Crippen LogP contribution < -0.4 is 27.5 Å². The average molecular weight is 666 g/mol. The van der Waals surface area contributed by atoms with Gasteiger partial charge in [-0.2, -0.15) is 27.1 Å². The molecule has 1 aliphatic heterocycles. The number of rotatable bonds is 5. The second kappa shape index (κ2) is 12.9. The number of hydrogen-bond donors (Lipinski definition) is 3. The van der Waals surface area contributed by atoms with Crippen LogP contribution in [-0.4, -0.2) is 36.4 Å². The van der Waals surface area contributed by atoms with E-state index in [1.807, 2.05) is 0 Å². The maximum absolute atomic E-state index is 15.1. The Bertz CT molecular complexity index is 1910. The summed E-state index contributed by atoms with van der Waals surface area (Å²) in [7, 11) is 0. The minimum Gasteiger partial charge on any atom is -0.393 e. The second-order valence-corrected chi connectivity index (χ2v) is 10.7. The Hall–Kier alpha value is -5.26. The van der Waals surface area contributed by atoms with Crippen LogP contribution in [0, 0.1) is 17.6 Å². The number of halogens is 7. The van der Waals surface area contributed by atoms with E-state index in [2.05, 4.69) is 20.4 Å². The van der Waals surface area contributed by atoms with Crippen molar-refractivity contribution in [3.8, 4) is 22.5 Å². The van der Waals surface area contributed by atoms with Gasteiger partial charge in [0.2, 0.25) is 5.91 Å². The number of pyridine rings is 1. The van der Waals surface area contributed by atoms with E-state index in [4.69, 9.17) is 11.6 Å². The van der Waals surface area contributed by atoms with Crippen molar-refractivity contribution >= 4 is 17.3 Å². The van der Waals surface area contributed by atoms with Crippen LogP contribution in [0.25, 0.3) is 22.5 Å². The monoisotopic (exact) mass is 665 g/mol. The zero-order valence-corrected chi connectivity index (χ0v) is 24.3. The molecule has 1 aromatic carbocycles. The number of nitrogens with one attached hydrogen (secondary N) is 1. The summed E-state index contributed by atoms with van der Waals surface area (Å²) in [5.74, 6) is 1.80. The first-order chi connectivity index (χ1) is 22.2. The van der Waals surface area contributed by atoms with Crippen molar-refractivity contribution in [2.75, 3.05) is 10.3 Å². The molecule has 4 heterocycles. The van der Waals surface area contributed by atoms with Gasteiger partial charge in [-0.15, -0.1) is 0 Å². The summed E-state index contributed by atoms with van der Waals surface area (Å²) in [6.07, 6.45) is -0.324. The zero-order valence-electron chi connectivity index (χ0n) is 24.3. The lowest BCUT2D eigenvalue weighted by molar-refractivity contribution is -0.119. The Morgan fingerprint density at radius 2 is 1.87 bits per heavy atom. The van der Waals surface area contributed by atoms with Crippen LogP contribution in [0.5, 0.6) is 0 Å². The third-order valence-electron chi connectivity index (χ3n) is 7.58. The number of nitrogens with zero attached hydrogens (tertiary/aromatic N) is 6. The van der Waals surface area contributed by atoms with E-state index < -0.39 is 70.4 Å². The highest BCUT2D eigenvalue weighted by atomic mass is 19.4. The molecule has 18 heteroatoms. The quantitative estimate of drug-likeness (QED) is 0.149. The normalized spacial score (nSPS) is 17.5. The number of allylic oxidation sites excluding steroid dienone is 1. The summed E-state index contributed by atoms with van der Waals surface area (Å²) < 4.78 is 97.9. The van der Waals surface area contributed by atoms with Crippen molar-refractivity contribution in [3.05, 3.63) is 88.6 Å². The minimum absolute atomic E-state index is 0.0494. The summed E-state index contributed by atoms with van der Waals surface area (Å²) >= 11 is 0. The predicted molar refractivity (Wildman–Crippen MR) is 155 cm³/mol. The number of aromatic nitrogens is 5. The third-order valence-corrected chi connectivity index (χ3v) is 7.58. The Labute approximate surface area is 261 Å². The maximum atomic E-state index is 15.1. The molecule has 5 rings (SSSR count). The van der Waals surface area contributed by atoms with E-state index in [-0.39, 0.29) is 35.3 Å². The molecular weight excluding hydrogens is 639 g/mol. The average Bonchev–Trinajstić information content (AvgIpc) is 3.43. The number of anilines is 2. The molecule has 0 radical (unpaired) electrons. The van der Waals surface area contributed by atoms with Gasteiger partial charge in [0.25, 0.3) is 5.56 Å². The number of carbonyl (C=O) groups excluding carboxylic acids is 1. The number of nitrogens with two attached hydrogens (primary N) is 2. The van der Waals surface area contributed by atoms with Crippen LogP contribution in [0.15, 0.2) is 65.7 Å². The number of hydrazine groups is 1. The minimum atomic E-state index is -4.98. The highest BCUT2D eigenvalue weighted by Gasteiger charge is 2.33. The van der Waals surface area contributed by atoms with Gasteiger partial charge in [-0.1, -0.05) is 13.3 Å². The molecule has 2 unspecified atom stereocenters. The van der Waals surface area contributed by atoms with E-state index >= 15 is 4.39 Å². The Morgan fingerprint density at radius 3 is 2.55 bits per heavy atom. The first-order valence-electron chi connectivity index (χ1n) is 13.9. The third kappa shape index (κ3) is 6.67. The number of alkyl halides is 5. The van der Waals surface area contributed by atoms with Gasteiger partial charge in [0.05, 0.1) is 52.6 Å². The highest BCUT2D eigenvalue weighted by molar-refractivity contribution is 5.95. The fourth-order valence-corrected chi connectivity index (χ4v) is 5.17. The topological polar surface area (TPSA) is 150 Å². The molecule has 47 heavy (non-hydrogen) atoms. The van der Waals surface area contributed by atoms with Crippen molar-refractivity contribution in [1.82, 2.24) is 24.3 Å².